The third kappa shape index (κ3) is 3.82. The summed E-state index contributed by atoms with van der Waals surface area (Å²) >= 11 is 1.47. The van der Waals surface area contributed by atoms with Gasteiger partial charge in [-0.1, -0.05) is 12.1 Å². The van der Waals surface area contributed by atoms with Gasteiger partial charge in [0.1, 0.15) is 29.3 Å². The van der Waals surface area contributed by atoms with Crippen LogP contribution in [0, 0.1) is 5.82 Å². The van der Waals surface area contributed by atoms with Crippen LogP contribution in [0.25, 0.3) is 21.3 Å². The summed E-state index contributed by atoms with van der Waals surface area (Å²) < 4.78 is 24.7. The van der Waals surface area contributed by atoms with Crippen molar-refractivity contribution in [3.05, 3.63) is 71.1 Å². The fourth-order valence-corrected chi connectivity index (χ4v) is 3.96. The highest BCUT2D eigenvalue weighted by Crippen LogP contribution is 2.38. The van der Waals surface area contributed by atoms with E-state index in [1.165, 1.54) is 36.7 Å². The van der Waals surface area contributed by atoms with E-state index in [4.69, 9.17) is 9.47 Å². The van der Waals surface area contributed by atoms with Crippen molar-refractivity contribution in [2.24, 2.45) is 0 Å². The summed E-state index contributed by atoms with van der Waals surface area (Å²) in [5, 5.41) is 2.72. The van der Waals surface area contributed by atoms with Gasteiger partial charge in [-0.15, -0.1) is 11.3 Å². The fraction of sp³-hybridized carbons (Fsp3) is 0.136. The van der Waals surface area contributed by atoms with Crippen molar-refractivity contribution in [3.8, 4) is 22.8 Å². The lowest BCUT2D eigenvalue weighted by molar-refractivity contribution is 0.101. The van der Waals surface area contributed by atoms with Gasteiger partial charge in [-0.2, -0.15) is 0 Å². The number of ketones is 1. The molecule has 0 unspecified atom stereocenters. The molecule has 0 spiro atoms. The Morgan fingerprint density at radius 2 is 1.93 bits per heavy atom. The van der Waals surface area contributed by atoms with Gasteiger partial charge in [0.2, 0.25) is 5.88 Å². The molecule has 0 bridgehead atoms. The van der Waals surface area contributed by atoms with Gasteiger partial charge < -0.3 is 9.47 Å². The van der Waals surface area contributed by atoms with Crippen LogP contribution in [0.15, 0.2) is 54.2 Å². The molecule has 29 heavy (non-hydrogen) atoms. The third-order valence-corrected chi connectivity index (χ3v) is 5.43. The molecule has 0 aliphatic carbocycles. The maximum absolute atomic E-state index is 13.3. The number of carbonyl (C=O) groups excluding carboxylic acids is 1. The average molecular weight is 408 g/mol. The molecule has 2 aromatic heterocycles. The van der Waals surface area contributed by atoms with E-state index in [-0.39, 0.29) is 18.2 Å². The largest absolute Gasteiger partial charge is 0.496 e. The zero-order valence-electron chi connectivity index (χ0n) is 15.8. The van der Waals surface area contributed by atoms with E-state index in [0.717, 1.165) is 26.9 Å². The number of aromatic nitrogens is 2. The van der Waals surface area contributed by atoms with Crippen LogP contribution in [0.5, 0.6) is 11.6 Å². The van der Waals surface area contributed by atoms with Crippen molar-refractivity contribution in [2.75, 3.05) is 7.11 Å². The second-order valence-corrected chi connectivity index (χ2v) is 7.24. The molecule has 4 rings (SSSR count). The number of fused-ring (bicyclic) bond motifs is 1. The Kier molecular flexibility index (Phi) is 5.22. The number of Topliss-reactive ketones (excluding diaryl/α,β-unsaturated/α-hetero) is 1. The standard InChI is InChI=1S/C22H17FN2O3S/c1-13(26)15-5-8-19(27-2)16(9-15)10-28-21-20-18(11-29-22(20)25-12-24-21)14-3-6-17(23)7-4-14/h3-9,11-12H,10H2,1-2H3. The molecule has 4 aromatic rings. The van der Waals surface area contributed by atoms with Gasteiger partial charge in [-0.25, -0.2) is 14.4 Å². The Morgan fingerprint density at radius 1 is 1.14 bits per heavy atom. The first-order valence-corrected chi connectivity index (χ1v) is 9.73. The molecule has 0 amide bonds. The first-order chi connectivity index (χ1) is 14.1. The van der Waals surface area contributed by atoms with Crippen LogP contribution in [0.1, 0.15) is 22.8 Å². The molecule has 7 heteroatoms. The number of thiophene rings is 1. The number of nitrogens with zero attached hydrogens (tertiary/aromatic N) is 2. The number of carbonyl (C=O) groups is 1. The lowest BCUT2D eigenvalue weighted by atomic mass is 10.1. The monoisotopic (exact) mass is 408 g/mol. The molecule has 2 heterocycles. The Morgan fingerprint density at radius 3 is 2.66 bits per heavy atom. The molecule has 5 nitrogen and oxygen atoms in total. The number of hydrogen-bond acceptors (Lipinski definition) is 6. The molecule has 2 aromatic carbocycles. The molecule has 146 valence electrons. The summed E-state index contributed by atoms with van der Waals surface area (Å²) in [5.74, 6) is 0.725. The zero-order valence-corrected chi connectivity index (χ0v) is 16.6. The molecule has 0 N–H and O–H groups in total. The summed E-state index contributed by atoms with van der Waals surface area (Å²) in [5.41, 5.74) is 3.06. The quantitative estimate of drug-likeness (QED) is 0.406. The first kappa shape index (κ1) is 19.0. The predicted octanol–water partition coefficient (Wildman–Crippen LogP) is 5.29. The van der Waals surface area contributed by atoms with E-state index in [1.807, 2.05) is 5.38 Å². The molecule has 0 radical (unpaired) electrons. The van der Waals surface area contributed by atoms with Gasteiger partial charge in [0, 0.05) is 22.1 Å². The lowest BCUT2D eigenvalue weighted by Gasteiger charge is -2.12. The minimum atomic E-state index is -0.293. The van der Waals surface area contributed by atoms with E-state index < -0.39 is 0 Å². The molecule has 0 fully saturated rings. The highest BCUT2D eigenvalue weighted by Gasteiger charge is 2.16. The third-order valence-electron chi connectivity index (χ3n) is 4.54. The van der Waals surface area contributed by atoms with Crippen molar-refractivity contribution in [3.63, 3.8) is 0 Å². The minimum absolute atomic E-state index is 0.0326. The molecule has 0 aliphatic heterocycles. The highest BCUT2D eigenvalue weighted by atomic mass is 32.1. The second-order valence-electron chi connectivity index (χ2n) is 6.39. The number of halogens is 1. The van der Waals surface area contributed by atoms with Crippen LogP contribution >= 0.6 is 11.3 Å². The summed E-state index contributed by atoms with van der Waals surface area (Å²) in [4.78, 5) is 21.1. The van der Waals surface area contributed by atoms with Crippen LogP contribution < -0.4 is 9.47 Å². The Hall–Kier alpha value is -3.32. The molecule has 0 saturated carbocycles. The van der Waals surface area contributed by atoms with Gasteiger partial charge in [0.15, 0.2) is 5.78 Å². The van der Waals surface area contributed by atoms with Gasteiger partial charge in [-0.05, 0) is 42.8 Å². The van der Waals surface area contributed by atoms with E-state index in [2.05, 4.69) is 9.97 Å². The lowest BCUT2D eigenvalue weighted by Crippen LogP contribution is -2.03. The van der Waals surface area contributed by atoms with E-state index in [0.29, 0.717) is 17.2 Å². The van der Waals surface area contributed by atoms with Crippen molar-refractivity contribution in [1.82, 2.24) is 9.97 Å². The number of benzene rings is 2. The van der Waals surface area contributed by atoms with Gasteiger partial charge in [0.05, 0.1) is 12.5 Å². The van der Waals surface area contributed by atoms with Crippen molar-refractivity contribution < 1.29 is 18.7 Å². The Labute approximate surface area is 170 Å². The average Bonchev–Trinajstić information content (AvgIpc) is 3.17. The Balaban J connectivity index is 1.71. The highest BCUT2D eigenvalue weighted by molar-refractivity contribution is 7.17. The maximum atomic E-state index is 13.3. The van der Waals surface area contributed by atoms with Crippen molar-refractivity contribution in [2.45, 2.75) is 13.5 Å². The predicted molar refractivity (Wildman–Crippen MR) is 110 cm³/mol. The van der Waals surface area contributed by atoms with Gasteiger partial charge >= 0.3 is 0 Å². The maximum Gasteiger partial charge on any atom is 0.226 e. The summed E-state index contributed by atoms with van der Waals surface area (Å²) in [6, 6.07) is 11.5. The number of rotatable bonds is 6. The van der Waals surface area contributed by atoms with Crippen LogP contribution in [-0.2, 0) is 6.61 Å². The van der Waals surface area contributed by atoms with Crippen LogP contribution in [-0.4, -0.2) is 22.9 Å². The summed E-state index contributed by atoms with van der Waals surface area (Å²) in [6.45, 7) is 1.69. The van der Waals surface area contributed by atoms with Gasteiger partial charge in [0.25, 0.3) is 0 Å². The minimum Gasteiger partial charge on any atom is -0.496 e. The first-order valence-electron chi connectivity index (χ1n) is 8.85. The summed E-state index contributed by atoms with van der Waals surface area (Å²) in [7, 11) is 1.57. The molecular formula is C22H17FN2O3S. The molecular weight excluding hydrogens is 391 g/mol. The van der Waals surface area contributed by atoms with E-state index in [1.54, 1.807) is 37.4 Å². The van der Waals surface area contributed by atoms with Crippen molar-refractivity contribution in [1.29, 1.82) is 0 Å². The van der Waals surface area contributed by atoms with Crippen LogP contribution in [0.3, 0.4) is 0 Å². The van der Waals surface area contributed by atoms with Crippen molar-refractivity contribution >= 4 is 27.3 Å². The van der Waals surface area contributed by atoms with E-state index in [9.17, 15) is 9.18 Å². The molecule has 0 atom stereocenters. The number of ether oxygens (including phenoxy) is 2. The second kappa shape index (κ2) is 7.97. The SMILES string of the molecule is COc1ccc(C(C)=O)cc1COc1ncnc2scc(-c3ccc(F)cc3)c12. The number of hydrogen-bond donors (Lipinski definition) is 0. The summed E-state index contributed by atoms with van der Waals surface area (Å²) in [6.07, 6.45) is 1.45. The molecule has 0 saturated heterocycles. The smallest absolute Gasteiger partial charge is 0.226 e. The van der Waals surface area contributed by atoms with Crippen LogP contribution in [0.4, 0.5) is 4.39 Å². The molecule has 0 aliphatic rings. The zero-order chi connectivity index (χ0) is 20.4. The normalized spacial score (nSPS) is 10.9. The van der Waals surface area contributed by atoms with E-state index >= 15 is 0 Å². The van der Waals surface area contributed by atoms with Gasteiger partial charge in [-0.3, -0.25) is 4.79 Å². The van der Waals surface area contributed by atoms with Crippen LogP contribution in [0.2, 0.25) is 0 Å². The fourth-order valence-electron chi connectivity index (χ4n) is 3.06. The Bertz CT molecular complexity index is 1190. The topological polar surface area (TPSA) is 61.3 Å². The number of methoxy groups -OCH3 is 1.